The number of morpholine rings is 1. The van der Waals surface area contributed by atoms with Gasteiger partial charge in [-0.25, -0.2) is 9.78 Å². The summed E-state index contributed by atoms with van der Waals surface area (Å²) in [5.41, 5.74) is 1.90. The van der Waals surface area contributed by atoms with Gasteiger partial charge in [-0.2, -0.15) is 0 Å². The topological polar surface area (TPSA) is 56.1 Å². The van der Waals surface area contributed by atoms with Crippen molar-refractivity contribution in [2.24, 2.45) is 0 Å². The Morgan fingerprint density at radius 1 is 1.52 bits per heavy atom. The van der Waals surface area contributed by atoms with Crippen LogP contribution in [-0.4, -0.2) is 52.2 Å². The van der Waals surface area contributed by atoms with Gasteiger partial charge < -0.3 is 13.9 Å². The molecule has 1 saturated heterocycles. The summed E-state index contributed by atoms with van der Waals surface area (Å²) in [4.78, 5) is 18.8. The maximum absolute atomic E-state index is 11.9. The molecule has 2 aromatic heterocycles. The van der Waals surface area contributed by atoms with E-state index in [9.17, 15) is 4.79 Å². The fourth-order valence-corrected chi connectivity index (χ4v) is 3.34. The lowest BCUT2D eigenvalue weighted by atomic mass is 10.1. The van der Waals surface area contributed by atoms with E-state index in [4.69, 9.17) is 9.47 Å². The van der Waals surface area contributed by atoms with Crippen molar-refractivity contribution in [2.75, 3.05) is 20.2 Å². The van der Waals surface area contributed by atoms with Gasteiger partial charge in [-0.1, -0.05) is 0 Å². The van der Waals surface area contributed by atoms with Crippen molar-refractivity contribution in [3.8, 4) is 0 Å². The highest BCUT2D eigenvalue weighted by Crippen LogP contribution is 2.22. The Hall–Kier alpha value is -1.92. The zero-order valence-electron chi connectivity index (χ0n) is 14.1. The highest BCUT2D eigenvalue weighted by atomic mass is 16.5. The quantitative estimate of drug-likeness (QED) is 0.812. The lowest BCUT2D eigenvalue weighted by Crippen LogP contribution is -2.51. The number of ether oxygens (including phenoxy) is 2. The predicted octanol–water partition coefficient (Wildman–Crippen LogP) is 2.12. The van der Waals surface area contributed by atoms with Crippen molar-refractivity contribution in [3.05, 3.63) is 35.8 Å². The zero-order valence-corrected chi connectivity index (χ0v) is 14.1. The van der Waals surface area contributed by atoms with Crippen LogP contribution in [0, 0.1) is 0 Å². The average molecular weight is 317 g/mol. The molecule has 1 aliphatic rings. The molecule has 0 amide bonds. The van der Waals surface area contributed by atoms with Crippen molar-refractivity contribution in [1.29, 1.82) is 0 Å². The molecule has 0 aliphatic carbocycles. The first-order valence-electron chi connectivity index (χ1n) is 7.83. The number of carbonyl (C=O) groups is 1. The van der Waals surface area contributed by atoms with Crippen LogP contribution in [0.1, 0.15) is 36.8 Å². The molecule has 0 radical (unpaired) electrons. The molecule has 1 aliphatic heterocycles. The Balaban J connectivity index is 1.85. The first-order valence-corrected chi connectivity index (χ1v) is 7.83. The van der Waals surface area contributed by atoms with Crippen molar-refractivity contribution in [2.45, 2.75) is 39.0 Å². The first kappa shape index (κ1) is 16.0. The standard InChI is InChI=1S/C17H23N3O3/c1-12-8-19(11-17(2,3)23-12)9-13-10-20-7-5-6-14(15(20)18-13)16(21)22-4/h5-7,10,12H,8-9,11H2,1-4H3. The first-order chi connectivity index (χ1) is 10.9. The molecule has 124 valence electrons. The molecule has 6 nitrogen and oxygen atoms in total. The number of carbonyl (C=O) groups excluding carboxylic acids is 1. The van der Waals surface area contributed by atoms with Crippen molar-refractivity contribution in [3.63, 3.8) is 0 Å². The van der Waals surface area contributed by atoms with E-state index in [1.54, 1.807) is 6.07 Å². The van der Waals surface area contributed by atoms with Gasteiger partial charge in [0.25, 0.3) is 0 Å². The van der Waals surface area contributed by atoms with Gasteiger partial charge >= 0.3 is 5.97 Å². The normalized spacial score (nSPS) is 21.5. The molecule has 0 aromatic carbocycles. The van der Waals surface area contributed by atoms with Crippen LogP contribution < -0.4 is 0 Å². The molecule has 0 bridgehead atoms. The van der Waals surface area contributed by atoms with Crippen molar-refractivity contribution >= 4 is 11.6 Å². The summed E-state index contributed by atoms with van der Waals surface area (Å²) >= 11 is 0. The maximum Gasteiger partial charge on any atom is 0.341 e. The molecule has 0 saturated carbocycles. The number of fused-ring (bicyclic) bond motifs is 1. The van der Waals surface area contributed by atoms with Crippen LogP contribution in [0.2, 0.25) is 0 Å². The molecule has 0 N–H and O–H groups in total. The number of esters is 1. The number of hydrogen-bond donors (Lipinski definition) is 0. The second-order valence-corrected chi connectivity index (χ2v) is 6.73. The van der Waals surface area contributed by atoms with Crippen LogP contribution in [0.15, 0.2) is 24.5 Å². The maximum atomic E-state index is 11.9. The third kappa shape index (κ3) is 3.38. The summed E-state index contributed by atoms with van der Waals surface area (Å²) in [6, 6.07) is 3.56. The Kier molecular flexibility index (Phi) is 4.12. The summed E-state index contributed by atoms with van der Waals surface area (Å²) in [6.45, 7) is 8.77. The minimum absolute atomic E-state index is 0.159. The number of aromatic nitrogens is 2. The Labute approximate surface area is 136 Å². The second kappa shape index (κ2) is 5.94. The predicted molar refractivity (Wildman–Crippen MR) is 86.4 cm³/mol. The van der Waals surface area contributed by atoms with E-state index in [2.05, 4.69) is 30.7 Å². The van der Waals surface area contributed by atoms with Crippen LogP contribution in [0.25, 0.3) is 5.65 Å². The van der Waals surface area contributed by atoms with E-state index < -0.39 is 0 Å². The summed E-state index contributed by atoms with van der Waals surface area (Å²) < 4.78 is 12.6. The van der Waals surface area contributed by atoms with E-state index in [-0.39, 0.29) is 17.7 Å². The number of nitrogens with zero attached hydrogens (tertiary/aromatic N) is 3. The molecular formula is C17H23N3O3. The van der Waals surface area contributed by atoms with Gasteiger partial charge in [-0.3, -0.25) is 4.90 Å². The molecule has 2 aromatic rings. The van der Waals surface area contributed by atoms with E-state index in [1.165, 1.54) is 7.11 Å². The minimum atomic E-state index is -0.367. The number of pyridine rings is 1. The summed E-state index contributed by atoms with van der Waals surface area (Å²) in [5, 5.41) is 0. The van der Waals surface area contributed by atoms with Crippen LogP contribution >= 0.6 is 0 Å². The van der Waals surface area contributed by atoms with Gasteiger partial charge in [0.05, 0.1) is 24.5 Å². The number of hydrogen-bond acceptors (Lipinski definition) is 5. The van der Waals surface area contributed by atoms with E-state index in [1.807, 2.05) is 22.9 Å². The number of methoxy groups -OCH3 is 1. The molecule has 6 heteroatoms. The molecule has 1 atom stereocenters. The smallest absolute Gasteiger partial charge is 0.341 e. The zero-order chi connectivity index (χ0) is 16.6. The van der Waals surface area contributed by atoms with Gasteiger partial charge in [-0.05, 0) is 32.9 Å². The van der Waals surface area contributed by atoms with Crippen LogP contribution in [0.5, 0.6) is 0 Å². The largest absolute Gasteiger partial charge is 0.465 e. The van der Waals surface area contributed by atoms with Crippen LogP contribution in [0.3, 0.4) is 0 Å². The van der Waals surface area contributed by atoms with Gasteiger partial charge in [0, 0.05) is 32.0 Å². The van der Waals surface area contributed by atoms with Crippen molar-refractivity contribution < 1.29 is 14.3 Å². The van der Waals surface area contributed by atoms with Gasteiger partial charge in [0.15, 0.2) is 5.65 Å². The van der Waals surface area contributed by atoms with Gasteiger partial charge in [-0.15, -0.1) is 0 Å². The average Bonchev–Trinajstić information content (AvgIpc) is 2.86. The van der Waals surface area contributed by atoms with Crippen molar-refractivity contribution in [1.82, 2.24) is 14.3 Å². The molecule has 3 heterocycles. The SMILES string of the molecule is COC(=O)c1cccn2cc(CN3CC(C)OC(C)(C)C3)nc12. The monoisotopic (exact) mass is 317 g/mol. The molecule has 1 fully saturated rings. The third-order valence-electron chi connectivity index (χ3n) is 3.96. The molecule has 1 unspecified atom stereocenters. The number of imidazole rings is 1. The summed E-state index contributed by atoms with van der Waals surface area (Å²) in [7, 11) is 1.38. The highest BCUT2D eigenvalue weighted by molar-refractivity contribution is 5.95. The molecular weight excluding hydrogens is 294 g/mol. The Morgan fingerprint density at radius 2 is 2.30 bits per heavy atom. The van der Waals surface area contributed by atoms with Crippen LogP contribution in [0.4, 0.5) is 0 Å². The minimum Gasteiger partial charge on any atom is -0.465 e. The Morgan fingerprint density at radius 3 is 3.00 bits per heavy atom. The second-order valence-electron chi connectivity index (χ2n) is 6.73. The van der Waals surface area contributed by atoms with E-state index >= 15 is 0 Å². The lowest BCUT2D eigenvalue weighted by molar-refractivity contribution is -0.130. The Bertz CT molecular complexity index is 723. The molecule has 23 heavy (non-hydrogen) atoms. The fourth-order valence-electron chi connectivity index (χ4n) is 3.34. The summed E-state index contributed by atoms with van der Waals surface area (Å²) in [6.07, 6.45) is 4.06. The molecule has 3 rings (SSSR count). The lowest BCUT2D eigenvalue weighted by Gasteiger charge is -2.41. The fraction of sp³-hybridized carbons (Fsp3) is 0.529. The highest BCUT2D eigenvalue weighted by Gasteiger charge is 2.31. The van der Waals surface area contributed by atoms with Gasteiger partial charge in [0.2, 0.25) is 0 Å². The number of rotatable bonds is 3. The summed E-state index contributed by atoms with van der Waals surface area (Å²) in [5.74, 6) is -0.367. The van der Waals surface area contributed by atoms with Crippen LogP contribution in [-0.2, 0) is 16.0 Å². The molecule has 0 spiro atoms. The van der Waals surface area contributed by atoms with Gasteiger partial charge in [0.1, 0.15) is 5.56 Å². The van der Waals surface area contributed by atoms with E-state index in [0.29, 0.717) is 11.2 Å². The third-order valence-corrected chi connectivity index (χ3v) is 3.96. The van der Waals surface area contributed by atoms with E-state index in [0.717, 1.165) is 25.3 Å².